The second kappa shape index (κ2) is 8.87. The van der Waals surface area contributed by atoms with E-state index in [0.29, 0.717) is 16.9 Å². The molecule has 0 bridgehead atoms. The average molecular weight is 398 g/mol. The number of esters is 1. The molecule has 2 aromatic rings. The molecule has 0 aliphatic carbocycles. The van der Waals surface area contributed by atoms with E-state index in [9.17, 15) is 22.8 Å². The molecule has 1 amide bonds. The number of halogens is 3. The van der Waals surface area contributed by atoms with Crippen molar-refractivity contribution in [3.8, 4) is 5.69 Å². The van der Waals surface area contributed by atoms with Gasteiger partial charge in [-0.15, -0.1) is 0 Å². The summed E-state index contributed by atoms with van der Waals surface area (Å²) >= 11 is 0. The van der Waals surface area contributed by atoms with E-state index < -0.39 is 23.4 Å². The van der Waals surface area contributed by atoms with Crippen molar-refractivity contribution in [3.63, 3.8) is 0 Å². The maximum Gasteiger partial charge on any atom is 0.434 e. The quantitative estimate of drug-likeness (QED) is 0.701. The van der Waals surface area contributed by atoms with Gasteiger partial charge in [0.25, 0.3) is 0 Å². The predicted molar refractivity (Wildman–Crippen MR) is 96.2 cm³/mol. The van der Waals surface area contributed by atoms with Gasteiger partial charge in [-0.1, -0.05) is 6.92 Å². The highest BCUT2D eigenvalue weighted by molar-refractivity contribution is 5.92. The molecule has 2 N–H and O–H groups in total. The first-order chi connectivity index (χ1) is 13.2. The van der Waals surface area contributed by atoms with E-state index >= 15 is 0 Å². The number of anilines is 1. The van der Waals surface area contributed by atoms with E-state index in [2.05, 4.69) is 20.5 Å². The van der Waals surface area contributed by atoms with Crippen LogP contribution >= 0.6 is 0 Å². The number of alkyl halides is 3. The van der Waals surface area contributed by atoms with E-state index in [4.69, 9.17) is 0 Å². The Morgan fingerprint density at radius 3 is 2.43 bits per heavy atom. The van der Waals surface area contributed by atoms with Gasteiger partial charge in [-0.2, -0.15) is 18.3 Å². The van der Waals surface area contributed by atoms with Gasteiger partial charge in [0.1, 0.15) is 5.56 Å². The van der Waals surface area contributed by atoms with Gasteiger partial charge in [-0.25, -0.2) is 9.48 Å². The van der Waals surface area contributed by atoms with Gasteiger partial charge in [0.15, 0.2) is 5.69 Å². The van der Waals surface area contributed by atoms with Crippen molar-refractivity contribution in [2.75, 3.05) is 25.5 Å². The van der Waals surface area contributed by atoms with E-state index in [1.807, 2.05) is 0 Å². The maximum absolute atomic E-state index is 13.5. The molecule has 28 heavy (non-hydrogen) atoms. The van der Waals surface area contributed by atoms with Crippen molar-refractivity contribution in [1.82, 2.24) is 15.1 Å². The number of amides is 1. The summed E-state index contributed by atoms with van der Waals surface area (Å²) in [4.78, 5) is 23.8. The van der Waals surface area contributed by atoms with Crippen LogP contribution in [0.4, 0.5) is 18.9 Å². The van der Waals surface area contributed by atoms with Gasteiger partial charge < -0.3 is 15.4 Å². The van der Waals surface area contributed by atoms with Crippen molar-refractivity contribution in [2.45, 2.75) is 20.0 Å². The van der Waals surface area contributed by atoms with Crippen molar-refractivity contribution in [2.24, 2.45) is 5.92 Å². The zero-order chi connectivity index (χ0) is 20.9. The Morgan fingerprint density at radius 1 is 1.25 bits per heavy atom. The van der Waals surface area contributed by atoms with E-state index in [-0.39, 0.29) is 24.1 Å². The number of aromatic nitrogens is 2. The largest absolute Gasteiger partial charge is 0.462 e. The van der Waals surface area contributed by atoms with E-state index in [1.165, 1.54) is 31.2 Å². The Kier molecular flexibility index (Phi) is 6.79. The number of carbonyl (C=O) groups excluding carboxylic acids is 2. The monoisotopic (exact) mass is 398 g/mol. The highest BCUT2D eigenvalue weighted by Gasteiger charge is 2.41. The minimum Gasteiger partial charge on any atom is -0.462 e. The molecule has 0 saturated carbocycles. The first-order valence-electron chi connectivity index (χ1n) is 8.57. The van der Waals surface area contributed by atoms with Crippen LogP contribution in [0.15, 0.2) is 30.5 Å². The van der Waals surface area contributed by atoms with Crippen LogP contribution in [0.1, 0.15) is 29.9 Å². The minimum absolute atomic E-state index is 0.0539. The Hall–Kier alpha value is -2.88. The van der Waals surface area contributed by atoms with Gasteiger partial charge in [0.05, 0.1) is 18.5 Å². The van der Waals surface area contributed by atoms with Crippen LogP contribution < -0.4 is 10.6 Å². The number of hydrogen-bond acceptors (Lipinski definition) is 5. The molecule has 1 unspecified atom stereocenters. The summed E-state index contributed by atoms with van der Waals surface area (Å²) in [6.45, 7) is 3.68. The number of carbonyl (C=O) groups is 2. The highest BCUT2D eigenvalue weighted by atomic mass is 19.4. The molecule has 1 aromatic carbocycles. The van der Waals surface area contributed by atoms with Crippen molar-refractivity contribution in [3.05, 3.63) is 41.7 Å². The summed E-state index contributed by atoms with van der Waals surface area (Å²) in [6, 6.07) is 5.67. The van der Waals surface area contributed by atoms with Crippen molar-refractivity contribution in [1.29, 1.82) is 0 Å². The lowest BCUT2D eigenvalue weighted by atomic mass is 10.1. The fourth-order valence-corrected chi connectivity index (χ4v) is 2.53. The molecule has 1 aromatic heterocycles. The highest BCUT2D eigenvalue weighted by Crippen LogP contribution is 2.34. The van der Waals surface area contributed by atoms with Gasteiger partial charge in [0, 0.05) is 18.2 Å². The Balaban J connectivity index is 2.31. The summed E-state index contributed by atoms with van der Waals surface area (Å²) in [5.41, 5.74) is -1.36. The maximum atomic E-state index is 13.5. The number of nitrogens with zero attached hydrogens (tertiary/aromatic N) is 2. The zero-order valence-electron chi connectivity index (χ0n) is 15.6. The van der Waals surface area contributed by atoms with Crippen LogP contribution in [0.25, 0.3) is 5.69 Å². The molecule has 0 spiro atoms. The molecule has 10 heteroatoms. The van der Waals surface area contributed by atoms with Crippen LogP contribution in [-0.2, 0) is 15.7 Å². The molecule has 2 rings (SSSR count). The Labute approximate surface area is 159 Å². The lowest BCUT2D eigenvalue weighted by Crippen LogP contribution is -2.28. The first kappa shape index (κ1) is 21.4. The van der Waals surface area contributed by atoms with E-state index in [1.54, 1.807) is 14.0 Å². The van der Waals surface area contributed by atoms with Gasteiger partial charge in [-0.05, 0) is 38.2 Å². The number of nitrogens with one attached hydrogen (secondary N) is 2. The van der Waals surface area contributed by atoms with Crippen molar-refractivity contribution < 1.29 is 27.5 Å². The molecular weight excluding hydrogens is 377 g/mol. The average Bonchev–Trinajstić information content (AvgIpc) is 3.08. The number of hydrogen-bond donors (Lipinski definition) is 2. The first-order valence-corrected chi connectivity index (χ1v) is 8.57. The Morgan fingerprint density at radius 2 is 1.89 bits per heavy atom. The number of rotatable bonds is 7. The minimum atomic E-state index is -4.81. The molecule has 0 fully saturated rings. The van der Waals surface area contributed by atoms with Gasteiger partial charge in [0.2, 0.25) is 5.91 Å². The van der Waals surface area contributed by atoms with E-state index in [0.717, 1.165) is 6.20 Å². The third-order valence-electron chi connectivity index (χ3n) is 3.87. The lowest BCUT2D eigenvalue weighted by molar-refractivity contribution is -0.143. The second-order valence-electron chi connectivity index (χ2n) is 6.03. The fraction of sp³-hybridized carbons (Fsp3) is 0.389. The molecule has 0 aliphatic rings. The molecule has 1 heterocycles. The summed E-state index contributed by atoms with van der Waals surface area (Å²) in [6.07, 6.45) is -3.98. The lowest BCUT2D eigenvalue weighted by Gasteiger charge is -2.14. The normalized spacial score (nSPS) is 12.5. The molecule has 0 saturated heterocycles. The third-order valence-corrected chi connectivity index (χ3v) is 3.87. The van der Waals surface area contributed by atoms with Crippen LogP contribution in [0, 0.1) is 5.92 Å². The molecule has 0 aliphatic heterocycles. The number of benzene rings is 1. The third kappa shape index (κ3) is 4.89. The fourth-order valence-electron chi connectivity index (χ4n) is 2.53. The van der Waals surface area contributed by atoms with Crippen LogP contribution in [-0.4, -0.2) is 41.9 Å². The zero-order valence-corrected chi connectivity index (χ0v) is 15.6. The van der Waals surface area contributed by atoms with Gasteiger partial charge in [-0.3, -0.25) is 4.79 Å². The van der Waals surface area contributed by atoms with Crippen LogP contribution in [0.3, 0.4) is 0 Å². The van der Waals surface area contributed by atoms with Crippen molar-refractivity contribution >= 4 is 17.6 Å². The summed E-state index contributed by atoms with van der Waals surface area (Å²) in [7, 11) is 1.73. The summed E-state index contributed by atoms with van der Waals surface area (Å²) < 4.78 is 45.8. The van der Waals surface area contributed by atoms with Crippen LogP contribution in [0.2, 0.25) is 0 Å². The molecule has 0 radical (unpaired) electrons. The topological polar surface area (TPSA) is 85.2 Å². The number of ether oxygens (including phenoxy) is 1. The predicted octanol–water partition coefficient (Wildman–Crippen LogP) is 2.86. The molecular formula is C18H21F3N4O3. The summed E-state index contributed by atoms with van der Waals surface area (Å²) in [5, 5.41) is 9.27. The van der Waals surface area contributed by atoms with Crippen LogP contribution in [0.5, 0.6) is 0 Å². The summed E-state index contributed by atoms with van der Waals surface area (Å²) in [5.74, 6) is -1.59. The van der Waals surface area contributed by atoms with Gasteiger partial charge >= 0.3 is 12.1 Å². The Bertz CT molecular complexity index is 832. The molecule has 1 atom stereocenters. The smallest absolute Gasteiger partial charge is 0.434 e. The standard InChI is InChI=1S/C18H21F3N4O3/c1-4-28-17(27)14-10-23-25(15(14)18(19,20)21)13-7-5-12(6-8-13)24-16(26)11(2)9-22-3/h5-8,10-11,22H,4,9H2,1-3H3,(H,24,26). The second-order valence-corrected chi connectivity index (χ2v) is 6.03. The SMILES string of the molecule is CCOC(=O)c1cnn(-c2ccc(NC(=O)C(C)CNC)cc2)c1C(F)(F)F. The molecule has 152 valence electrons. The molecule has 7 nitrogen and oxygen atoms in total.